The van der Waals surface area contributed by atoms with Gasteiger partial charge >= 0.3 is 6.18 Å². The number of hydrogen-bond donors (Lipinski definition) is 2. The van der Waals surface area contributed by atoms with E-state index in [0.29, 0.717) is 6.54 Å². The van der Waals surface area contributed by atoms with Gasteiger partial charge in [0.25, 0.3) is 0 Å². The molecular formula is C7H11F3N2O. The molecule has 0 aliphatic carbocycles. The number of rotatable bonds is 2. The summed E-state index contributed by atoms with van der Waals surface area (Å²) in [5, 5.41) is 2.62. The van der Waals surface area contributed by atoms with Crippen molar-refractivity contribution in [1.82, 2.24) is 5.32 Å². The fraction of sp³-hybridized carbons (Fsp3) is 0.857. The van der Waals surface area contributed by atoms with Gasteiger partial charge in [-0.25, -0.2) is 0 Å². The molecule has 1 aliphatic heterocycles. The third-order valence-electron chi connectivity index (χ3n) is 2.19. The van der Waals surface area contributed by atoms with Crippen molar-refractivity contribution in [2.45, 2.75) is 25.1 Å². The summed E-state index contributed by atoms with van der Waals surface area (Å²) in [7, 11) is 0. The largest absolute Gasteiger partial charge is 0.393 e. The van der Waals surface area contributed by atoms with E-state index in [2.05, 4.69) is 5.32 Å². The fourth-order valence-electron chi connectivity index (χ4n) is 1.59. The molecule has 13 heavy (non-hydrogen) atoms. The van der Waals surface area contributed by atoms with Crippen molar-refractivity contribution in [3.05, 3.63) is 0 Å². The summed E-state index contributed by atoms with van der Waals surface area (Å²) in [5.41, 5.74) is 4.83. The quantitative estimate of drug-likeness (QED) is 0.671. The molecule has 2 unspecified atom stereocenters. The molecule has 0 bridgehead atoms. The van der Waals surface area contributed by atoms with Crippen LogP contribution in [0.25, 0.3) is 0 Å². The molecule has 1 heterocycles. The molecule has 1 amide bonds. The van der Waals surface area contributed by atoms with Crippen LogP contribution in [-0.2, 0) is 4.79 Å². The summed E-state index contributed by atoms with van der Waals surface area (Å²) in [5.74, 6) is -2.13. The molecule has 3 N–H and O–H groups in total. The summed E-state index contributed by atoms with van der Waals surface area (Å²) in [6, 6.07) is -0.836. The number of hydrogen-bond acceptors (Lipinski definition) is 2. The molecule has 0 aromatic rings. The summed E-state index contributed by atoms with van der Waals surface area (Å²) in [6.45, 7) is 0.294. The van der Waals surface area contributed by atoms with Gasteiger partial charge in [0.1, 0.15) is 0 Å². The van der Waals surface area contributed by atoms with E-state index < -0.39 is 24.0 Å². The van der Waals surface area contributed by atoms with Gasteiger partial charge in [0.15, 0.2) is 0 Å². The zero-order valence-corrected chi connectivity index (χ0v) is 6.90. The smallest absolute Gasteiger partial charge is 0.370 e. The molecule has 1 rings (SSSR count). The molecule has 2 atom stereocenters. The van der Waals surface area contributed by atoms with Crippen LogP contribution in [0.1, 0.15) is 12.8 Å². The first kappa shape index (κ1) is 10.3. The van der Waals surface area contributed by atoms with Crippen LogP contribution in [0.3, 0.4) is 0 Å². The third-order valence-corrected chi connectivity index (χ3v) is 2.19. The summed E-state index contributed by atoms with van der Waals surface area (Å²) < 4.78 is 36.8. The maximum absolute atomic E-state index is 12.3. The van der Waals surface area contributed by atoms with Crippen LogP contribution in [0.2, 0.25) is 0 Å². The number of carbonyl (C=O) groups is 1. The number of nitrogens with two attached hydrogens (primary N) is 1. The van der Waals surface area contributed by atoms with Gasteiger partial charge in [-0.2, -0.15) is 13.2 Å². The Labute approximate surface area is 73.5 Å². The topological polar surface area (TPSA) is 55.1 Å². The van der Waals surface area contributed by atoms with Crippen LogP contribution in [-0.4, -0.2) is 24.7 Å². The normalized spacial score (nSPS) is 29.2. The van der Waals surface area contributed by atoms with E-state index in [1.165, 1.54) is 0 Å². The Hall–Kier alpha value is -0.780. The van der Waals surface area contributed by atoms with Gasteiger partial charge in [-0.3, -0.25) is 4.79 Å². The van der Waals surface area contributed by atoms with Gasteiger partial charge in [0.2, 0.25) is 5.91 Å². The summed E-state index contributed by atoms with van der Waals surface area (Å²) >= 11 is 0. The van der Waals surface area contributed by atoms with Crippen molar-refractivity contribution in [2.24, 2.45) is 11.7 Å². The molecule has 1 saturated heterocycles. The third kappa shape index (κ3) is 2.58. The predicted octanol–water partition coefficient (Wildman–Crippen LogP) is 0.402. The molecule has 0 aromatic heterocycles. The van der Waals surface area contributed by atoms with Crippen LogP contribution < -0.4 is 11.1 Å². The second-order valence-corrected chi connectivity index (χ2v) is 3.17. The number of primary amides is 1. The maximum atomic E-state index is 12.3. The Bertz CT molecular complexity index is 204. The van der Waals surface area contributed by atoms with E-state index in [0.717, 1.165) is 0 Å². The van der Waals surface area contributed by atoms with Crippen molar-refractivity contribution in [3.8, 4) is 0 Å². The van der Waals surface area contributed by atoms with Gasteiger partial charge in [-0.1, -0.05) is 0 Å². The fourth-order valence-corrected chi connectivity index (χ4v) is 1.59. The van der Waals surface area contributed by atoms with E-state index in [-0.39, 0.29) is 12.8 Å². The molecule has 1 aliphatic rings. The van der Waals surface area contributed by atoms with Crippen LogP contribution in [0.15, 0.2) is 0 Å². The van der Waals surface area contributed by atoms with E-state index >= 15 is 0 Å². The van der Waals surface area contributed by atoms with Gasteiger partial charge in [0, 0.05) is 12.5 Å². The molecule has 6 heteroatoms. The lowest BCUT2D eigenvalue weighted by Crippen LogP contribution is -2.38. The van der Waals surface area contributed by atoms with Crippen LogP contribution in [0, 0.1) is 5.92 Å². The van der Waals surface area contributed by atoms with Crippen LogP contribution in [0.5, 0.6) is 0 Å². The minimum absolute atomic E-state index is 0.0292. The van der Waals surface area contributed by atoms with E-state index in [4.69, 9.17) is 5.73 Å². The predicted molar refractivity (Wildman–Crippen MR) is 39.8 cm³/mol. The first-order chi connectivity index (χ1) is 5.91. The molecule has 76 valence electrons. The van der Waals surface area contributed by atoms with Gasteiger partial charge < -0.3 is 11.1 Å². The molecular weight excluding hydrogens is 185 g/mol. The zero-order valence-electron chi connectivity index (χ0n) is 6.90. The van der Waals surface area contributed by atoms with E-state index in [1.54, 1.807) is 0 Å². The number of nitrogens with one attached hydrogen (secondary N) is 1. The highest BCUT2D eigenvalue weighted by molar-refractivity contribution is 5.74. The summed E-state index contributed by atoms with van der Waals surface area (Å²) in [4.78, 5) is 10.4. The average Bonchev–Trinajstić information content (AvgIpc) is 2.31. The average molecular weight is 196 g/mol. The molecule has 0 radical (unpaired) electrons. The molecule has 1 fully saturated rings. The Morgan fingerprint density at radius 3 is 2.62 bits per heavy atom. The van der Waals surface area contributed by atoms with Crippen LogP contribution in [0.4, 0.5) is 13.2 Å². The Kier molecular flexibility index (Phi) is 2.80. The Morgan fingerprint density at radius 2 is 2.15 bits per heavy atom. The van der Waals surface area contributed by atoms with Crippen molar-refractivity contribution in [1.29, 1.82) is 0 Å². The SMILES string of the molecule is NC(=O)CC1NCCC1C(F)(F)F. The second-order valence-electron chi connectivity index (χ2n) is 3.17. The number of carbonyl (C=O) groups excluding carboxylic acids is 1. The van der Waals surface area contributed by atoms with E-state index in [1.807, 2.05) is 0 Å². The standard InChI is InChI=1S/C7H11F3N2O/c8-7(9,10)4-1-2-12-5(4)3-6(11)13/h4-5,12H,1-3H2,(H2,11,13). The maximum Gasteiger partial charge on any atom is 0.393 e. The first-order valence-electron chi connectivity index (χ1n) is 3.99. The van der Waals surface area contributed by atoms with Crippen molar-refractivity contribution in [2.75, 3.05) is 6.54 Å². The Balaban J connectivity index is 2.59. The molecule has 0 saturated carbocycles. The molecule has 3 nitrogen and oxygen atoms in total. The van der Waals surface area contributed by atoms with Crippen LogP contribution >= 0.6 is 0 Å². The van der Waals surface area contributed by atoms with Crippen molar-refractivity contribution < 1.29 is 18.0 Å². The Morgan fingerprint density at radius 1 is 1.54 bits per heavy atom. The van der Waals surface area contributed by atoms with Crippen molar-refractivity contribution in [3.63, 3.8) is 0 Å². The van der Waals surface area contributed by atoms with Gasteiger partial charge in [-0.05, 0) is 13.0 Å². The lowest BCUT2D eigenvalue weighted by molar-refractivity contribution is -0.176. The lowest BCUT2D eigenvalue weighted by atomic mass is 9.97. The monoisotopic (exact) mass is 196 g/mol. The van der Waals surface area contributed by atoms with Gasteiger partial charge in [0.05, 0.1) is 5.92 Å². The minimum atomic E-state index is -4.23. The second kappa shape index (κ2) is 3.53. The number of halogens is 3. The highest BCUT2D eigenvalue weighted by Crippen LogP contribution is 2.35. The minimum Gasteiger partial charge on any atom is -0.370 e. The number of amides is 1. The van der Waals surface area contributed by atoms with Gasteiger partial charge in [-0.15, -0.1) is 0 Å². The highest BCUT2D eigenvalue weighted by Gasteiger charge is 2.47. The summed E-state index contributed by atoms with van der Waals surface area (Å²) in [6.07, 6.45) is -4.45. The highest BCUT2D eigenvalue weighted by atomic mass is 19.4. The lowest BCUT2D eigenvalue weighted by Gasteiger charge is -2.20. The first-order valence-corrected chi connectivity index (χ1v) is 3.99. The van der Waals surface area contributed by atoms with Crippen molar-refractivity contribution >= 4 is 5.91 Å². The number of alkyl halides is 3. The molecule has 0 aromatic carbocycles. The molecule has 0 spiro atoms. The van der Waals surface area contributed by atoms with E-state index in [9.17, 15) is 18.0 Å². The zero-order chi connectivity index (χ0) is 10.1.